The Kier molecular flexibility index (Phi) is 9.89. The summed E-state index contributed by atoms with van der Waals surface area (Å²) in [5.41, 5.74) is 3.88. The van der Waals surface area contributed by atoms with Gasteiger partial charge in [-0.15, -0.1) is 46.7 Å². The molecular formula is C21H27IN4OS2. The van der Waals surface area contributed by atoms with Gasteiger partial charge >= 0.3 is 0 Å². The van der Waals surface area contributed by atoms with E-state index in [1.807, 2.05) is 50.5 Å². The van der Waals surface area contributed by atoms with Crippen molar-refractivity contribution in [3.8, 4) is 5.75 Å². The minimum absolute atomic E-state index is 0. The predicted octanol–water partition coefficient (Wildman–Crippen LogP) is 5.72. The molecule has 5 nitrogen and oxygen atoms in total. The maximum Gasteiger partial charge on any atom is 0.196 e. The lowest BCUT2D eigenvalue weighted by Crippen LogP contribution is -2.32. The molecule has 2 heterocycles. The van der Waals surface area contributed by atoms with E-state index < -0.39 is 0 Å². The number of nitrogens with one attached hydrogen (secondary N) is 2. The summed E-state index contributed by atoms with van der Waals surface area (Å²) in [6.07, 6.45) is 1.14. The number of anilines is 1. The predicted molar refractivity (Wildman–Crippen MR) is 135 cm³/mol. The van der Waals surface area contributed by atoms with Crippen LogP contribution in [0.4, 0.5) is 5.69 Å². The fourth-order valence-electron chi connectivity index (χ4n) is 2.55. The zero-order valence-corrected chi connectivity index (χ0v) is 20.8. The molecule has 0 aliphatic heterocycles. The number of aromatic nitrogens is 1. The first-order valence-electron chi connectivity index (χ1n) is 9.33. The zero-order valence-electron chi connectivity index (χ0n) is 16.8. The highest BCUT2D eigenvalue weighted by Crippen LogP contribution is 2.17. The van der Waals surface area contributed by atoms with E-state index in [4.69, 9.17) is 9.73 Å². The first-order chi connectivity index (χ1) is 13.6. The molecule has 0 aliphatic carbocycles. The number of ether oxygens (including phenoxy) is 1. The molecule has 0 bridgehead atoms. The third-order valence-corrected chi connectivity index (χ3v) is 5.81. The maximum absolute atomic E-state index is 5.71. The van der Waals surface area contributed by atoms with Gasteiger partial charge in [0.2, 0.25) is 0 Å². The van der Waals surface area contributed by atoms with E-state index in [0.717, 1.165) is 36.1 Å². The highest BCUT2D eigenvalue weighted by atomic mass is 127. The van der Waals surface area contributed by atoms with Crippen LogP contribution in [0.5, 0.6) is 5.75 Å². The molecular weight excluding hydrogens is 515 g/mol. The first-order valence-corrected chi connectivity index (χ1v) is 11.1. The Bertz CT molecular complexity index is 876. The summed E-state index contributed by atoms with van der Waals surface area (Å²) in [6.45, 7) is 7.50. The lowest BCUT2D eigenvalue weighted by atomic mass is 10.3. The normalized spacial score (nSPS) is 11.2. The van der Waals surface area contributed by atoms with Gasteiger partial charge in [0.15, 0.2) is 5.96 Å². The SMILES string of the molecule is Cc1ncsc1CN=C(NCCc1cccs1)Nc1ccc(OC(C)C)cc1.I. The van der Waals surface area contributed by atoms with Gasteiger partial charge in [-0.1, -0.05) is 6.07 Å². The monoisotopic (exact) mass is 542 g/mol. The number of hydrogen-bond donors (Lipinski definition) is 2. The zero-order chi connectivity index (χ0) is 19.8. The van der Waals surface area contributed by atoms with Crippen molar-refractivity contribution >= 4 is 58.3 Å². The number of thiophene rings is 1. The van der Waals surface area contributed by atoms with Crippen molar-refractivity contribution in [2.75, 3.05) is 11.9 Å². The molecule has 0 radical (unpaired) electrons. The summed E-state index contributed by atoms with van der Waals surface area (Å²) in [5.74, 6) is 1.63. The highest BCUT2D eigenvalue weighted by molar-refractivity contribution is 14.0. The molecule has 0 unspecified atom stereocenters. The Balaban J connectivity index is 0.00000300. The summed E-state index contributed by atoms with van der Waals surface area (Å²) in [6, 6.07) is 12.2. The van der Waals surface area contributed by atoms with Crippen LogP contribution in [0.25, 0.3) is 0 Å². The van der Waals surface area contributed by atoms with Gasteiger partial charge in [0.25, 0.3) is 0 Å². The molecule has 3 aromatic rings. The van der Waals surface area contributed by atoms with Gasteiger partial charge in [0.05, 0.1) is 23.9 Å². The number of hydrogen-bond acceptors (Lipinski definition) is 5. The molecule has 1 aromatic carbocycles. The number of nitrogens with zero attached hydrogens (tertiary/aromatic N) is 2. The second-order valence-corrected chi connectivity index (χ2v) is 8.57. The van der Waals surface area contributed by atoms with Gasteiger partial charge < -0.3 is 15.4 Å². The Hall–Kier alpha value is -1.65. The van der Waals surface area contributed by atoms with Crippen LogP contribution in [-0.4, -0.2) is 23.6 Å². The molecule has 0 spiro atoms. The molecule has 0 atom stereocenters. The Morgan fingerprint density at radius 1 is 1.17 bits per heavy atom. The molecule has 156 valence electrons. The van der Waals surface area contributed by atoms with E-state index in [1.165, 1.54) is 9.75 Å². The van der Waals surface area contributed by atoms with E-state index >= 15 is 0 Å². The number of guanidine groups is 1. The second-order valence-electron chi connectivity index (χ2n) is 6.60. The van der Waals surface area contributed by atoms with Crippen LogP contribution in [0.1, 0.15) is 29.3 Å². The Labute approximate surface area is 197 Å². The molecule has 0 amide bonds. The molecule has 2 aromatic heterocycles. The van der Waals surface area contributed by atoms with Crippen molar-refractivity contribution in [1.82, 2.24) is 10.3 Å². The van der Waals surface area contributed by atoms with Gasteiger partial charge in [-0.2, -0.15) is 0 Å². The molecule has 0 saturated heterocycles. The summed E-state index contributed by atoms with van der Waals surface area (Å²) >= 11 is 3.42. The third-order valence-electron chi connectivity index (χ3n) is 3.96. The van der Waals surface area contributed by atoms with E-state index in [-0.39, 0.29) is 30.1 Å². The Morgan fingerprint density at radius 2 is 1.97 bits per heavy atom. The Morgan fingerprint density at radius 3 is 2.59 bits per heavy atom. The largest absolute Gasteiger partial charge is 0.491 e. The summed E-state index contributed by atoms with van der Waals surface area (Å²) in [5, 5.41) is 8.93. The maximum atomic E-state index is 5.71. The average molecular weight is 543 g/mol. The van der Waals surface area contributed by atoms with Gasteiger partial charge in [-0.3, -0.25) is 0 Å². The molecule has 3 rings (SSSR count). The van der Waals surface area contributed by atoms with Crippen LogP contribution in [0, 0.1) is 6.92 Å². The van der Waals surface area contributed by atoms with Gasteiger partial charge in [0, 0.05) is 22.0 Å². The van der Waals surface area contributed by atoms with Crippen LogP contribution >= 0.6 is 46.7 Å². The quantitative estimate of drug-likeness (QED) is 0.217. The van der Waals surface area contributed by atoms with Crippen LogP contribution < -0.4 is 15.4 Å². The van der Waals surface area contributed by atoms with Crippen molar-refractivity contribution in [2.24, 2.45) is 4.99 Å². The number of rotatable bonds is 8. The first kappa shape index (κ1) is 23.6. The van der Waals surface area contributed by atoms with E-state index in [2.05, 4.69) is 33.1 Å². The molecule has 0 saturated carbocycles. The van der Waals surface area contributed by atoms with Crippen LogP contribution in [0.3, 0.4) is 0 Å². The van der Waals surface area contributed by atoms with Gasteiger partial charge in [0.1, 0.15) is 5.75 Å². The molecule has 8 heteroatoms. The average Bonchev–Trinajstić information content (AvgIpc) is 3.32. The van der Waals surface area contributed by atoms with Crippen molar-refractivity contribution < 1.29 is 4.74 Å². The number of halogens is 1. The van der Waals surface area contributed by atoms with Crippen LogP contribution in [0.15, 0.2) is 52.3 Å². The molecule has 29 heavy (non-hydrogen) atoms. The standard InChI is InChI=1S/C21H26N4OS2.HI/c1-15(2)26-18-8-6-17(7-9-18)25-21(22-11-10-19-5-4-12-27-19)23-13-20-16(3)24-14-28-20;/h4-9,12,14-15H,10-11,13H2,1-3H3,(H2,22,23,25);1H. The van der Waals surface area contributed by atoms with E-state index in [9.17, 15) is 0 Å². The second kappa shape index (κ2) is 12.1. The van der Waals surface area contributed by atoms with Crippen molar-refractivity contribution in [3.05, 3.63) is 62.7 Å². The fourth-order valence-corrected chi connectivity index (χ4v) is 3.96. The molecule has 0 aliphatic rings. The minimum atomic E-state index is 0. The summed E-state index contributed by atoms with van der Waals surface area (Å²) in [4.78, 5) is 11.6. The minimum Gasteiger partial charge on any atom is -0.491 e. The van der Waals surface area contributed by atoms with Crippen molar-refractivity contribution in [2.45, 2.75) is 39.8 Å². The van der Waals surface area contributed by atoms with E-state index in [0.29, 0.717) is 6.54 Å². The van der Waals surface area contributed by atoms with Crippen LogP contribution in [0.2, 0.25) is 0 Å². The molecule has 2 N–H and O–H groups in total. The summed E-state index contributed by atoms with van der Waals surface area (Å²) in [7, 11) is 0. The number of benzene rings is 1. The third kappa shape index (κ3) is 7.94. The topological polar surface area (TPSA) is 58.5 Å². The lowest BCUT2D eigenvalue weighted by molar-refractivity contribution is 0.242. The molecule has 0 fully saturated rings. The van der Waals surface area contributed by atoms with Gasteiger partial charge in [-0.25, -0.2) is 9.98 Å². The smallest absolute Gasteiger partial charge is 0.196 e. The lowest BCUT2D eigenvalue weighted by Gasteiger charge is -2.14. The van der Waals surface area contributed by atoms with Crippen molar-refractivity contribution in [1.29, 1.82) is 0 Å². The number of aliphatic imine (C=N–C) groups is 1. The highest BCUT2D eigenvalue weighted by Gasteiger charge is 2.05. The fraction of sp³-hybridized carbons (Fsp3) is 0.333. The number of thiazole rings is 1. The number of aryl methyl sites for hydroxylation is 1. The van der Waals surface area contributed by atoms with Crippen LogP contribution in [-0.2, 0) is 13.0 Å². The van der Waals surface area contributed by atoms with Gasteiger partial charge in [-0.05, 0) is 62.9 Å². The summed E-state index contributed by atoms with van der Waals surface area (Å²) < 4.78 is 5.71. The van der Waals surface area contributed by atoms with E-state index in [1.54, 1.807) is 22.7 Å². The van der Waals surface area contributed by atoms with Crippen molar-refractivity contribution in [3.63, 3.8) is 0 Å².